The maximum Gasteiger partial charge on any atom is 0.586 e. The van der Waals surface area contributed by atoms with Crippen LogP contribution in [0.4, 0.5) is 23.7 Å². The van der Waals surface area contributed by atoms with E-state index in [1.165, 1.54) is 24.3 Å². The summed E-state index contributed by atoms with van der Waals surface area (Å²) in [5.74, 6) is -0.412. The Morgan fingerprint density at radius 2 is 1.70 bits per heavy atom. The van der Waals surface area contributed by atoms with Crippen molar-refractivity contribution in [3.8, 4) is 22.6 Å². The van der Waals surface area contributed by atoms with Crippen molar-refractivity contribution in [1.82, 2.24) is 9.88 Å². The first-order valence-electron chi connectivity index (χ1n) is 10.2. The fourth-order valence-corrected chi connectivity index (χ4v) is 4.24. The lowest BCUT2D eigenvalue weighted by Crippen LogP contribution is -2.30. The van der Waals surface area contributed by atoms with E-state index in [9.17, 15) is 18.0 Å². The molecule has 0 spiro atoms. The van der Waals surface area contributed by atoms with E-state index in [-0.39, 0.29) is 23.3 Å². The summed E-state index contributed by atoms with van der Waals surface area (Å²) in [4.78, 5) is 17.5. The van der Waals surface area contributed by atoms with Crippen LogP contribution in [0, 0.1) is 5.82 Å². The predicted molar refractivity (Wildman–Crippen MR) is 115 cm³/mol. The van der Waals surface area contributed by atoms with E-state index in [0.29, 0.717) is 29.7 Å². The van der Waals surface area contributed by atoms with Gasteiger partial charge < -0.3 is 24.7 Å². The van der Waals surface area contributed by atoms with Crippen molar-refractivity contribution in [2.75, 3.05) is 5.32 Å². The number of nitrogens with zero attached hydrogens (tertiary/aromatic N) is 1. The summed E-state index contributed by atoms with van der Waals surface area (Å²) in [7, 11) is 0. The molecular formula is C24H16F3N3O3. The van der Waals surface area contributed by atoms with Crippen LogP contribution >= 0.6 is 0 Å². The molecule has 2 aliphatic heterocycles. The number of halogens is 3. The number of hydrogen-bond acceptors (Lipinski definition) is 3. The molecule has 6 nitrogen and oxygen atoms in total. The third kappa shape index (κ3) is 3.42. The molecule has 2 amide bonds. The summed E-state index contributed by atoms with van der Waals surface area (Å²) in [5.41, 5.74) is 4.68. The van der Waals surface area contributed by atoms with Gasteiger partial charge in [-0.15, -0.1) is 8.78 Å². The van der Waals surface area contributed by atoms with E-state index in [1.807, 2.05) is 18.2 Å². The number of anilines is 1. The SMILES string of the molecule is O=C(Nc1c[nH]c2ccc(F)cc12)N1Cc2ccc(-c3ccc4c(c3)OC(F)(F)O4)cc2C1. The minimum Gasteiger partial charge on any atom is -0.395 e. The van der Waals surface area contributed by atoms with Gasteiger partial charge in [-0.1, -0.05) is 18.2 Å². The molecule has 0 unspecified atom stereocenters. The first kappa shape index (κ1) is 19.5. The smallest absolute Gasteiger partial charge is 0.395 e. The van der Waals surface area contributed by atoms with Crippen LogP contribution in [0.5, 0.6) is 11.5 Å². The lowest BCUT2D eigenvalue weighted by atomic mass is 10.0. The van der Waals surface area contributed by atoms with Crippen LogP contribution in [0.3, 0.4) is 0 Å². The van der Waals surface area contributed by atoms with Crippen LogP contribution in [0.1, 0.15) is 11.1 Å². The quantitative estimate of drug-likeness (QED) is 0.402. The molecule has 9 heteroatoms. The molecule has 0 atom stereocenters. The van der Waals surface area contributed by atoms with Crippen LogP contribution in [0.25, 0.3) is 22.0 Å². The topological polar surface area (TPSA) is 66.6 Å². The number of rotatable bonds is 2. The minimum absolute atomic E-state index is 0.00933. The van der Waals surface area contributed by atoms with Gasteiger partial charge >= 0.3 is 12.3 Å². The van der Waals surface area contributed by atoms with Gasteiger partial charge in [0.05, 0.1) is 5.69 Å². The normalized spacial score (nSPS) is 15.7. The number of aromatic amines is 1. The Kier molecular flexibility index (Phi) is 4.10. The molecule has 3 heterocycles. The molecule has 3 aromatic carbocycles. The Labute approximate surface area is 185 Å². The summed E-state index contributed by atoms with van der Waals surface area (Å²) in [6.45, 7) is 0.805. The number of alkyl halides is 2. The van der Waals surface area contributed by atoms with Gasteiger partial charge in [-0.2, -0.15) is 0 Å². The van der Waals surface area contributed by atoms with Crippen molar-refractivity contribution in [2.24, 2.45) is 0 Å². The van der Waals surface area contributed by atoms with Crippen molar-refractivity contribution in [3.05, 3.63) is 77.7 Å². The zero-order valence-electron chi connectivity index (χ0n) is 17.0. The van der Waals surface area contributed by atoms with Crippen LogP contribution in [-0.4, -0.2) is 22.2 Å². The number of hydrogen-bond donors (Lipinski definition) is 2. The van der Waals surface area contributed by atoms with Crippen molar-refractivity contribution < 1.29 is 27.4 Å². The van der Waals surface area contributed by atoms with E-state index in [1.54, 1.807) is 23.2 Å². The minimum atomic E-state index is -3.66. The monoisotopic (exact) mass is 451 g/mol. The van der Waals surface area contributed by atoms with Crippen LogP contribution in [0.2, 0.25) is 0 Å². The zero-order chi connectivity index (χ0) is 22.7. The molecule has 0 fully saturated rings. The number of carbonyl (C=O) groups is 1. The Morgan fingerprint density at radius 1 is 0.939 bits per heavy atom. The number of aromatic nitrogens is 1. The molecule has 2 N–H and O–H groups in total. The van der Waals surface area contributed by atoms with Crippen molar-refractivity contribution in [3.63, 3.8) is 0 Å². The fraction of sp³-hybridized carbons (Fsp3) is 0.125. The first-order chi connectivity index (χ1) is 15.8. The zero-order valence-corrected chi connectivity index (χ0v) is 17.0. The summed E-state index contributed by atoms with van der Waals surface area (Å²) in [6.07, 6.45) is -2.03. The molecule has 0 bridgehead atoms. The number of carbonyl (C=O) groups excluding carboxylic acids is 1. The second kappa shape index (κ2) is 6.93. The van der Waals surface area contributed by atoms with E-state index >= 15 is 0 Å². The fourth-order valence-electron chi connectivity index (χ4n) is 4.24. The van der Waals surface area contributed by atoms with Gasteiger partial charge in [0.1, 0.15) is 5.82 Å². The molecule has 33 heavy (non-hydrogen) atoms. The van der Waals surface area contributed by atoms with Gasteiger partial charge in [-0.25, -0.2) is 9.18 Å². The van der Waals surface area contributed by atoms with Crippen molar-refractivity contribution >= 4 is 22.6 Å². The lowest BCUT2D eigenvalue weighted by molar-refractivity contribution is -0.286. The number of amides is 2. The summed E-state index contributed by atoms with van der Waals surface area (Å²) >= 11 is 0. The van der Waals surface area contributed by atoms with Gasteiger partial charge in [0.25, 0.3) is 0 Å². The first-order valence-corrected chi connectivity index (χ1v) is 10.2. The third-order valence-corrected chi connectivity index (χ3v) is 5.84. The predicted octanol–water partition coefficient (Wildman–Crippen LogP) is 5.84. The highest BCUT2D eigenvalue weighted by molar-refractivity contribution is 6.01. The van der Waals surface area contributed by atoms with Crippen molar-refractivity contribution in [2.45, 2.75) is 19.4 Å². The molecule has 0 saturated carbocycles. The van der Waals surface area contributed by atoms with Gasteiger partial charge in [-0.05, 0) is 58.7 Å². The lowest BCUT2D eigenvalue weighted by Gasteiger charge is -2.16. The van der Waals surface area contributed by atoms with Crippen LogP contribution < -0.4 is 14.8 Å². The maximum atomic E-state index is 13.6. The molecular weight excluding hydrogens is 435 g/mol. The molecule has 166 valence electrons. The second-order valence-electron chi connectivity index (χ2n) is 7.99. The standard InChI is InChI=1S/C24H16F3N3O3/c25-17-4-5-19-18(9-17)20(10-28-19)29-23(31)30-11-15-2-1-13(7-16(15)12-30)14-3-6-21-22(8-14)33-24(26,27)32-21/h1-10,28H,11-12H2,(H,29,31). The average molecular weight is 451 g/mol. The Hall–Kier alpha value is -4.14. The highest BCUT2D eigenvalue weighted by atomic mass is 19.3. The van der Waals surface area contributed by atoms with Gasteiger partial charge in [0.15, 0.2) is 11.5 Å². The van der Waals surface area contributed by atoms with Crippen LogP contribution in [-0.2, 0) is 13.1 Å². The van der Waals surface area contributed by atoms with Crippen LogP contribution in [0.15, 0.2) is 60.8 Å². The maximum absolute atomic E-state index is 13.6. The number of ether oxygens (including phenoxy) is 2. The molecule has 4 aromatic rings. The number of benzene rings is 3. The van der Waals surface area contributed by atoms with E-state index in [4.69, 9.17) is 0 Å². The second-order valence-corrected chi connectivity index (χ2v) is 7.99. The number of fused-ring (bicyclic) bond motifs is 3. The summed E-state index contributed by atoms with van der Waals surface area (Å²) in [6, 6.07) is 14.4. The molecule has 0 saturated heterocycles. The summed E-state index contributed by atoms with van der Waals surface area (Å²) in [5, 5.41) is 3.43. The number of H-pyrrole nitrogens is 1. The van der Waals surface area contributed by atoms with Gasteiger partial charge in [0.2, 0.25) is 0 Å². The van der Waals surface area contributed by atoms with E-state index < -0.39 is 6.29 Å². The number of urea groups is 1. The molecule has 0 radical (unpaired) electrons. The van der Waals surface area contributed by atoms with Gasteiger partial charge in [0, 0.05) is 30.2 Å². The third-order valence-electron chi connectivity index (χ3n) is 5.84. The largest absolute Gasteiger partial charge is 0.586 e. The Morgan fingerprint density at radius 3 is 2.58 bits per heavy atom. The highest BCUT2D eigenvalue weighted by Gasteiger charge is 2.43. The summed E-state index contributed by atoms with van der Waals surface area (Å²) < 4.78 is 49.2. The van der Waals surface area contributed by atoms with E-state index in [2.05, 4.69) is 19.8 Å². The number of nitrogens with one attached hydrogen (secondary N) is 2. The Balaban J connectivity index is 1.21. The van der Waals surface area contributed by atoms with Gasteiger partial charge in [-0.3, -0.25) is 0 Å². The average Bonchev–Trinajstić information content (AvgIpc) is 3.46. The molecule has 0 aliphatic carbocycles. The Bertz CT molecular complexity index is 1430. The molecule has 1 aromatic heterocycles. The molecule has 6 rings (SSSR count). The highest BCUT2D eigenvalue weighted by Crippen LogP contribution is 2.43. The van der Waals surface area contributed by atoms with E-state index in [0.717, 1.165) is 22.2 Å². The van der Waals surface area contributed by atoms with Crippen molar-refractivity contribution in [1.29, 1.82) is 0 Å². The molecule has 2 aliphatic rings.